The van der Waals surface area contributed by atoms with Crippen molar-refractivity contribution in [3.63, 3.8) is 0 Å². The molecule has 0 aliphatic heterocycles. The number of hydrogen-bond donors (Lipinski definition) is 2. The molecule has 0 radical (unpaired) electrons. The van der Waals surface area contributed by atoms with Crippen LogP contribution in [0.2, 0.25) is 0 Å². The molecule has 0 unspecified atom stereocenters. The van der Waals surface area contributed by atoms with E-state index in [1.807, 2.05) is 54.6 Å². The summed E-state index contributed by atoms with van der Waals surface area (Å²) in [5.41, 5.74) is 3.53. The van der Waals surface area contributed by atoms with Crippen LogP contribution in [0.4, 0.5) is 17.1 Å². The predicted octanol–water partition coefficient (Wildman–Crippen LogP) is 6.42. The normalized spacial score (nSPS) is 11.9. The third-order valence-electron chi connectivity index (χ3n) is 5.00. The van der Waals surface area contributed by atoms with Gasteiger partial charge in [0.15, 0.2) is 0 Å². The number of rotatable bonds is 5. The Morgan fingerprint density at radius 3 is 1.24 bits per heavy atom. The van der Waals surface area contributed by atoms with E-state index in [1.54, 1.807) is 60.7 Å². The highest BCUT2D eigenvalue weighted by atomic mass is 31.2. The highest BCUT2D eigenvalue weighted by Gasteiger charge is 2.52. The van der Waals surface area contributed by atoms with E-state index in [0.717, 1.165) is 11.1 Å². The highest BCUT2D eigenvalue weighted by Crippen LogP contribution is 2.63. The first-order valence-corrected chi connectivity index (χ1v) is 10.8. The fourth-order valence-electron chi connectivity index (χ4n) is 3.69. The molecule has 4 nitrogen and oxygen atoms in total. The first-order valence-electron chi connectivity index (χ1n) is 9.26. The van der Waals surface area contributed by atoms with Gasteiger partial charge in [0, 0.05) is 36.4 Å². The second kappa shape index (κ2) is 7.78. The van der Waals surface area contributed by atoms with Gasteiger partial charge in [-0.15, -0.1) is 4.25 Å². The van der Waals surface area contributed by atoms with E-state index in [0.29, 0.717) is 17.1 Å². The molecule has 144 valence electrons. The molecule has 2 N–H and O–H groups in total. The van der Waals surface area contributed by atoms with E-state index in [1.165, 1.54) is 0 Å². The summed E-state index contributed by atoms with van der Waals surface area (Å²) in [5, 5.41) is 0. The second-order valence-corrected chi connectivity index (χ2v) is 8.36. The van der Waals surface area contributed by atoms with E-state index in [4.69, 9.17) is 0 Å². The summed E-state index contributed by atoms with van der Waals surface area (Å²) in [7, 11) is -4.72. The Morgan fingerprint density at radius 2 is 0.828 bits per heavy atom. The van der Waals surface area contributed by atoms with Crippen LogP contribution in [0.1, 0.15) is 0 Å². The zero-order valence-electron chi connectivity index (χ0n) is 15.7. The average molecular weight is 402 g/mol. The molecule has 0 atom stereocenters. The van der Waals surface area contributed by atoms with Gasteiger partial charge in [-0.2, -0.15) is 0 Å². The second-order valence-electron chi connectivity index (χ2n) is 6.73. The Morgan fingerprint density at radius 1 is 0.483 bits per heavy atom. The Balaban J connectivity index is 1.97. The zero-order valence-corrected chi connectivity index (χ0v) is 16.6. The average Bonchev–Trinajstić information content (AvgIpc) is 2.76. The number of nitrogens with zero attached hydrogens (tertiary/aromatic N) is 1. The van der Waals surface area contributed by atoms with E-state index >= 15 is 0 Å². The van der Waals surface area contributed by atoms with Gasteiger partial charge < -0.3 is 0 Å². The summed E-state index contributed by atoms with van der Waals surface area (Å²) in [4.78, 5) is 21.3. The summed E-state index contributed by atoms with van der Waals surface area (Å²) < 4.78 is 12.4. The summed E-state index contributed by atoms with van der Waals surface area (Å²) in [6.07, 6.45) is 0. The van der Waals surface area contributed by atoms with Crippen LogP contribution in [-0.2, 0) is 4.57 Å². The van der Waals surface area contributed by atoms with Gasteiger partial charge in [-0.3, -0.25) is 9.79 Å². The van der Waals surface area contributed by atoms with Crippen molar-refractivity contribution in [2.24, 2.45) is 0 Å². The Bertz CT molecular complexity index is 1090. The molecule has 29 heavy (non-hydrogen) atoms. The first-order chi connectivity index (χ1) is 14.0. The van der Waals surface area contributed by atoms with Crippen LogP contribution in [0, 0.1) is 0 Å². The lowest BCUT2D eigenvalue weighted by molar-refractivity contribution is 0.332. The van der Waals surface area contributed by atoms with Gasteiger partial charge in [-0.1, -0.05) is 66.7 Å². The van der Waals surface area contributed by atoms with Crippen molar-refractivity contribution < 1.29 is 14.4 Å². The van der Waals surface area contributed by atoms with Crippen molar-refractivity contribution >= 4 is 24.8 Å². The van der Waals surface area contributed by atoms with Gasteiger partial charge in [0.1, 0.15) is 17.1 Å². The van der Waals surface area contributed by atoms with E-state index in [9.17, 15) is 14.4 Å². The molecule has 0 spiro atoms. The maximum atomic E-state index is 13.1. The van der Waals surface area contributed by atoms with Crippen molar-refractivity contribution in [3.05, 3.63) is 115 Å². The standard InChI is InChI=1S/C24H20NO3P/c26-29(27,28)25(22-12-6-2-7-13-22,23-14-8-3-9-15-23)24-18-16-21(17-19-24)20-10-4-1-5-11-20/h1-19H,(H-,26,27,28)/p+1. The van der Waals surface area contributed by atoms with E-state index in [2.05, 4.69) is 0 Å². The van der Waals surface area contributed by atoms with Crippen LogP contribution in [0.5, 0.6) is 0 Å². The van der Waals surface area contributed by atoms with Gasteiger partial charge in [-0.05, 0) is 23.3 Å². The summed E-state index contributed by atoms with van der Waals surface area (Å²) in [6.45, 7) is 0. The van der Waals surface area contributed by atoms with Crippen LogP contribution < -0.4 is 4.25 Å². The van der Waals surface area contributed by atoms with Crippen molar-refractivity contribution in [3.8, 4) is 11.1 Å². The summed E-state index contributed by atoms with van der Waals surface area (Å²) in [6, 6.07) is 35.1. The molecule has 4 aromatic rings. The van der Waals surface area contributed by atoms with Gasteiger partial charge in [-0.25, -0.2) is 4.57 Å². The molecule has 5 heteroatoms. The molecule has 0 aliphatic rings. The van der Waals surface area contributed by atoms with Crippen LogP contribution in [0.25, 0.3) is 11.1 Å². The van der Waals surface area contributed by atoms with E-state index in [-0.39, 0.29) is 0 Å². The minimum absolute atomic E-state index is 0.496. The molecular weight excluding hydrogens is 381 g/mol. The highest BCUT2D eigenvalue weighted by molar-refractivity contribution is 7.52. The fraction of sp³-hybridized carbons (Fsp3) is 0. The summed E-state index contributed by atoms with van der Waals surface area (Å²) in [5.74, 6) is 0. The molecular formula is C24H21NO3P+. The lowest BCUT2D eigenvalue weighted by atomic mass is 10.0. The maximum absolute atomic E-state index is 13.1. The number of quaternary nitrogens is 1. The van der Waals surface area contributed by atoms with Gasteiger partial charge in [0.2, 0.25) is 0 Å². The van der Waals surface area contributed by atoms with Crippen LogP contribution in [0.15, 0.2) is 115 Å². The van der Waals surface area contributed by atoms with Crippen molar-refractivity contribution in [1.29, 1.82) is 0 Å². The molecule has 0 aliphatic carbocycles. The lowest BCUT2D eigenvalue weighted by Crippen LogP contribution is -2.35. The number of para-hydroxylation sites is 2. The zero-order chi connectivity index (χ0) is 20.3. The van der Waals surface area contributed by atoms with Gasteiger partial charge in [0.05, 0.1) is 0 Å². The molecule has 4 rings (SSSR count). The number of benzene rings is 4. The fourth-order valence-corrected chi connectivity index (χ4v) is 4.99. The smallest absolute Gasteiger partial charge is 0.278 e. The molecule has 0 bridgehead atoms. The van der Waals surface area contributed by atoms with Crippen LogP contribution >= 0.6 is 7.75 Å². The van der Waals surface area contributed by atoms with Crippen LogP contribution in [0.3, 0.4) is 0 Å². The minimum atomic E-state index is -4.72. The Kier molecular flexibility index (Phi) is 5.18. The molecule has 0 heterocycles. The van der Waals surface area contributed by atoms with Gasteiger partial charge in [0.25, 0.3) is 0 Å². The molecule has 0 amide bonds. The Hall–Kier alpha value is -3.01. The minimum Gasteiger partial charge on any atom is -0.278 e. The quantitative estimate of drug-likeness (QED) is 0.379. The topological polar surface area (TPSA) is 57.5 Å². The monoisotopic (exact) mass is 402 g/mol. The van der Waals surface area contributed by atoms with Gasteiger partial charge >= 0.3 is 7.75 Å². The van der Waals surface area contributed by atoms with Crippen LogP contribution in [-0.4, -0.2) is 9.79 Å². The lowest BCUT2D eigenvalue weighted by Gasteiger charge is -2.36. The molecule has 0 saturated carbocycles. The van der Waals surface area contributed by atoms with E-state index < -0.39 is 12.0 Å². The molecule has 4 aromatic carbocycles. The summed E-state index contributed by atoms with van der Waals surface area (Å²) >= 11 is 0. The largest absolute Gasteiger partial charge is 0.541 e. The SMILES string of the molecule is O=P(O)(O)[N+](c1ccccc1)(c1ccccc1)c1ccc(-c2ccccc2)cc1. The third kappa shape index (κ3) is 3.44. The van der Waals surface area contributed by atoms with Crippen molar-refractivity contribution in [1.82, 2.24) is 4.25 Å². The Labute approximate surface area is 170 Å². The third-order valence-corrected chi connectivity index (χ3v) is 6.47. The van der Waals surface area contributed by atoms with Crippen molar-refractivity contribution in [2.45, 2.75) is 0 Å². The van der Waals surface area contributed by atoms with Crippen molar-refractivity contribution in [2.75, 3.05) is 0 Å². The molecule has 0 aromatic heterocycles. The predicted molar refractivity (Wildman–Crippen MR) is 118 cm³/mol. The molecule has 0 fully saturated rings. The first kappa shape index (κ1) is 19.3. The molecule has 0 saturated heterocycles. The number of hydrogen-bond acceptors (Lipinski definition) is 1. The maximum Gasteiger partial charge on any atom is 0.541 e.